The molecule has 0 amide bonds. The molecule has 2 N–H and O–H groups in total. The Kier molecular flexibility index (Phi) is 4.67. The summed E-state index contributed by atoms with van der Waals surface area (Å²) in [5.74, 6) is 0.724. The molecule has 1 saturated heterocycles. The van der Waals surface area contributed by atoms with Crippen molar-refractivity contribution in [1.82, 2.24) is 24.5 Å². The Labute approximate surface area is 170 Å². The summed E-state index contributed by atoms with van der Waals surface area (Å²) in [5, 5.41) is 23.3. The average molecular weight is 409 g/mol. The second kappa shape index (κ2) is 7.34. The number of fused-ring (bicyclic) bond motifs is 2. The van der Waals surface area contributed by atoms with Gasteiger partial charge in [-0.2, -0.15) is 0 Å². The number of nitrogens with zero attached hydrogens (tertiary/aromatic N) is 5. The van der Waals surface area contributed by atoms with Gasteiger partial charge in [0.05, 0.1) is 12.4 Å². The average Bonchev–Trinajstić information content (AvgIpc) is 3.29. The molecule has 0 radical (unpaired) electrons. The Morgan fingerprint density at radius 1 is 1.10 bits per heavy atom. The third kappa shape index (κ3) is 3.25. The molecule has 4 aromatic rings. The highest BCUT2D eigenvalue weighted by molar-refractivity contribution is 7.98. The standard InChI is InChI=1S/C20H19N5O3S/c1-11-16(26)17(27)20(28-11)25-10-24-15-18(25)22-9-23-19(15)29-8-12-2-3-13-4-5-21-7-14(13)6-12/h2-7,9-11,16-17,20,26-27H,8H2,1H3/t11-,16-,17-,20-/m1/s1. The fourth-order valence-electron chi connectivity index (χ4n) is 3.56. The van der Waals surface area contributed by atoms with Crippen LogP contribution < -0.4 is 0 Å². The van der Waals surface area contributed by atoms with Gasteiger partial charge in [-0.1, -0.05) is 23.9 Å². The van der Waals surface area contributed by atoms with Crippen molar-refractivity contribution < 1.29 is 14.9 Å². The summed E-state index contributed by atoms with van der Waals surface area (Å²) in [4.78, 5) is 17.3. The van der Waals surface area contributed by atoms with Crippen LogP contribution in [-0.4, -0.2) is 53.0 Å². The molecule has 4 heterocycles. The molecule has 148 valence electrons. The molecule has 9 heteroatoms. The molecule has 0 unspecified atom stereocenters. The van der Waals surface area contributed by atoms with E-state index in [1.54, 1.807) is 35.8 Å². The van der Waals surface area contributed by atoms with Crippen molar-refractivity contribution in [2.45, 2.75) is 42.2 Å². The molecule has 5 rings (SSSR count). The van der Waals surface area contributed by atoms with Gasteiger partial charge < -0.3 is 14.9 Å². The second-order valence-corrected chi connectivity index (χ2v) is 8.03. The van der Waals surface area contributed by atoms with Gasteiger partial charge in [-0.15, -0.1) is 0 Å². The Morgan fingerprint density at radius 3 is 2.83 bits per heavy atom. The highest BCUT2D eigenvalue weighted by atomic mass is 32.2. The second-order valence-electron chi connectivity index (χ2n) is 7.06. The van der Waals surface area contributed by atoms with Crippen LogP contribution >= 0.6 is 11.8 Å². The Balaban J connectivity index is 1.41. The maximum absolute atomic E-state index is 10.3. The van der Waals surface area contributed by atoms with E-state index in [-0.39, 0.29) is 0 Å². The number of rotatable bonds is 4. The summed E-state index contributed by atoms with van der Waals surface area (Å²) in [5.41, 5.74) is 2.37. The first-order chi connectivity index (χ1) is 14.1. The van der Waals surface area contributed by atoms with E-state index in [1.165, 1.54) is 6.33 Å². The predicted molar refractivity (Wildman–Crippen MR) is 108 cm³/mol. The Morgan fingerprint density at radius 2 is 2.00 bits per heavy atom. The van der Waals surface area contributed by atoms with Crippen LogP contribution in [0.5, 0.6) is 0 Å². The van der Waals surface area contributed by atoms with E-state index in [2.05, 4.69) is 38.1 Å². The maximum atomic E-state index is 10.3. The zero-order valence-electron chi connectivity index (χ0n) is 15.6. The van der Waals surface area contributed by atoms with E-state index < -0.39 is 24.5 Å². The maximum Gasteiger partial charge on any atom is 0.166 e. The van der Waals surface area contributed by atoms with Crippen molar-refractivity contribution in [2.75, 3.05) is 0 Å². The predicted octanol–water partition coefficient (Wildman–Crippen LogP) is 2.31. The number of aromatic nitrogens is 5. The number of aliphatic hydroxyl groups is 2. The number of hydrogen-bond donors (Lipinski definition) is 2. The molecule has 3 aromatic heterocycles. The minimum absolute atomic E-state index is 0.467. The Bertz CT molecular complexity index is 1180. The lowest BCUT2D eigenvalue weighted by Crippen LogP contribution is -2.30. The molecule has 0 bridgehead atoms. The lowest BCUT2D eigenvalue weighted by atomic mass is 10.1. The summed E-state index contributed by atoms with van der Waals surface area (Å²) in [6.07, 6.45) is 3.51. The van der Waals surface area contributed by atoms with Gasteiger partial charge >= 0.3 is 0 Å². The van der Waals surface area contributed by atoms with Crippen LogP contribution in [0.2, 0.25) is 0 Å². The molecular weight excluding hydrogens is 390 g/mol. The van der Waals surface area contributed by atoms with E-state index in [9.17, 15) is 10.2 Å². The van der Waals surface area contributed by atoms with Crippen LogP contribution in [0, 0.1) is 0 Å². The quantitative estimate of drug-likeness (QED) is 0.391. The highest BCUT2D eigenvalue weighted by Crippen LogP contribution is 2.33. The first-order valence-corrected chi connectivity index (χ1v) is 10.2. The minimum atomic E-state index is -1.04. The lowest BCUT2D eigenvalue weighted by Gasteiger charge is -2.16. The van der Waals surface area contributed by atoms with Crippen molar-refractivity contribution in [3.8, 4) is 0 Å². The van der Waals surface area contributed by atoms with Crippen LogP contribution in [-0.2, 0) is 10.5 Å². The van der Waals surface area contributed by atoms with Gasteiger partial charge in [0, 0.05) is 23.5 Å². The van der Waals surface area contributed by atoms with Crippen LogP contribution in [0.15, 0.2) is 54.3 Å². The van der Waals surface area contributed by atoms with Gasteiger partial charge in [0.25, 0.3) is 0 Å². The molecule has 8 nitrogen and oxygen atoms in total. The summed E-state index contributed by atoms with van der Waals surface area (Å²) >= 11 is 1.57. The molecule has 0 saturated carbocycles. The first kappa shape index (κ1) is 18.4. The van der Waals surface area contributed by atoms with E-state index >= 15 is 0 Å². The molecule has 1 aromatic carbocycles. The van der Waals surface area contributed by atoms with Gasteiger partial charge in [-0.25, -0.2) is 15.0 Å². The van der Waals surface area contributed by atoms with E-state index in [4.69, 9.17) is 4.74 Å². The molecule has 1 aliphatic rings. The SMILES string of the molecule is C[C@H]1O[C@@H](n2cnc3c(SCc4ccc5ccncc5c4)ncnc32)[C@H](O)[C@@H]1O. The van der Waals surface area contributed by atoms with Crippen molar-refractivity contribution >= 4 is 33.7 Å². The highest BCUT2D eigenvalue weighted by Gasteiger charge is 2.42. The number of thioether (sulfide) groups is 1. The minimum Gasteiger partial charge on any atom is -0.388 e. The summed E-state index contributed by atoms with van der Waals surface area (Å²) < 4.78 is 7.35. The van der Waals surface area contributed by atoms with Crippen LogP contribution in [0.1, 0.15) is 18.7 Å². The van der Waals surface area contributed by atoms with Crippen LogP contribution in [0.4, 0.5) is 0 Å². The zero-order chi connectivity index (χ0) is 20.0. The molecule has 0 aliphatic carbocycles. The molecule has 4 atom stereocenters. The molecule has 0 spiro atoms. The monoisotopic (exact) mass is 409 g/mol. The number of hydrogen-bond acceptors (Lipinski definition) is 8. The fourth-order valence-corrected chi connectivity index (χ4v) is 4.44. The smallest absolute Gasteiger partial charge is 0.166 e. The van der Waals surface area contributed by atoms with Gasteiger partial charge in [-0.05, 0) is 30.0 Å². The van der Waals surface area contributed by atoms with Crippen LogP contribution in [0.3, 0.4) is 0 Å². The van der Waals surface area contributed by atoms with Crippen molar-refractivity contribution in [3.63, 3.8) is 0 Å². The number of ether oxygens (including phenoxy) is 1. The van der Waals surface area contributed by atoms with E-state index in [0.29, 0.717) is 11.2 Å². The lowest BCUT2D eigenvalue weighted by molar-refractivity contribution is -0.0299. The third-order valence-electron chi connectivity index (χ3n) is 5.16. The third-order valence-corrected chi connectivity index (χ3v) is 6.21. The summed E-state index contributed by atoms with van der Waals surface area (Å²) in [6, 6.07) is 8.29. The number of pyridine rings is 1. The largest absolute Gasteiger partial charge is 0.388 e. The van der Waals surface area contributed by atoms with Crippen LogP contribution in [0.25, 0.3) is 21.9 Å². The number of aliphatic hydroxyl groups excluding tert-OH is 2. The van der Waals surface area contributed by atoms with Crippen molar-refractivity contribution in [3.05, 3.63) is 54.9 Å². The van der Waals surface area contributed by atoms with Gasteiger partial charge in [-0.3, -0.25) is 9.55 Å². The van der Waals surface area contributed by atoms with Crippen molar-refractivity contribution in [1.29, 1.82) is 0 Å². The van der Waals surface area contributed by atoms with E-state index in [1.807, 2.05) is 12.3 Å². The fraction of sp³-hybridized carbons (Fsp3) is 0.300. The number of benzene rings is 1. The molecule has 1 fully saturated rings. The molecular formula is C20H19N5O3S. The molecule has 29 heavy (non-hydrogen) atoms. The van der Waals surface area contributed by atoms with Gasteiger partial charge in [0.1, 0.15) is 29.1 Å². The van der Waals surface area contributed by atoms with Crippen molar-refractivity contribution in [2.24, 2.45) is 0 Å². The summed E-state index contributed by atoms with van der Waals surface area (Å²) in [7, 11) is 0. The van der Waals surface area contributed by atoms with E-state index in [0.717, 1.165) is 27.1 Å². The summed E-state index contributed by atoms with van der Waals surface area (Å²) in [6.45, 7) is 1.72. The number of imidazole rings is 1. The zero-order valence-corrected chi connectivity index (χ0v) is 16.4. The Hall–Kier alpha value is -2.59. The van der Waals surface area contributed by atoms with Gasteiger partial charge in [0.2, 0.25) is 0 Å². The normalized spacial score (nSPS) is 24.5. The topological polar surface area (TPSA) is 106 Å². The van der Waals surface area contributed by atoms with Gasteiger partial charge in [0.15, 0.2) is 11.9 Å². The first-order valence-electron chi connectivity index (χ1n) is 9.26. The molecule has 1 aliphatic heterocycles.